The number of nitrogens with two attached hydrogens (primary N) is 1. The maximum absolute atomic E-state index is 12.4. The van der Waals surface area contributed by atoms with Crippen molar-refractivity contribution < 1.29 is 13.2 Å². The van der Waals surface area contributed by atoms with E-state index in [-0.39, 0.29) is 10.0 Å². The van der Waals surface area contributed by atoms with E-state index in [1.807, 2.05) is 0 Å². The minimum Gasteiger partial charge on any atom is -0.399 e. The Kier molecular flexibility index (Phi) is 2.56. The van der Waals surface area contributed by atoms with Gasteiger partial charge in [-0.05, 0) is 24.6 Å². The number of rotatable bonds is 0. The zero-order chi connectivity index (χ0) is 10.2. The van der Waals surface area contributed by atoms with Crippen molar-refractivity contribution in [2.45, 2.75) is 13.1 Å². The topological polar surface area (TPSA) is 26.0 Å². The van der Waals surface area contributed by atoms with Crippen LogP contribution in [0.15, 0.2) is 16.6 Å². The highest BCUT2D eigenvalue weighted by Crippen LogP contribution is 2.38. The van der Waals surface area contributed by atoms with Gasteiger partial charge in [0.1, 0.15) is 0 Å². The van der Waals surface area contributed by atoms with Gasteiger partial charge in [-0.25, -0.2) is 0 Å². The molecule has 0 radical (unpaired) electrons. The van der Waals surface area contributed by atoms with Gasteiger partial charge in [-0.2, -0.15) is 13.2 Å². The smallest absolute Gasteiger partial charge is 0.399 e. The molecule has 0 aliphatic carbocycles. The first-order chi connectivity index (χ1) is 5.82. The molecule has 0 fully saturated rings. The number of hydrogen-bond donors (Lipinski definition) is 1. The van der Waals surface area contributed by atoms with Crippen LogP contribution in [0.25, 0.3) is 0 Å². The molecule has 1 rings (SSSR count). The van der Waals surface area contributed by atoms with Gasteiger partial charge < -0.3 is 5.73 Å². The Balaban J connectivity index is 3.38. The first kappa shape index (κ1) is 10.4. The number of aryl methyl sites for hydroxylation is 1. The predicted molar refractivity (Wildman–Crippen MR) is 48.3 cm³/mol. The predicted octanol–water partition coefficient (Wildman–Crippen LogP) is 3.36. The summed E-state index contributed by atoms with van der Waals surface area (Å²) in [6.07, 6.45) is -4.34. The molecule has 0 heterocycles. The van der Waals surface area contributed by atoms with Crippen LogP contribution in [-0.2, 0) is 6.18 Å². The van der Waals surface area contributed by atoms with Crippen LogP contribution in [0.3, 0.4) is 0 Å². The second kappa shape index (κ2) is 3.21. The van der Waals surface area contributed by atoms with Crippen molar-refractivity contribution in [3.8, 4) is 0 Å². The number of alkyl halides is 3. The lowest BCUT2D eigenvalue weighted by atomic mass is 10.1. The van der Waals surface area contributed by atoms with Crippen LogP contribution in [0.2, 0.25) is 0 Å². The second-order valence-electron chi connectivity index (χ2n) is 2.69. The van der Waals surface area contributed by atoms with Crippen LogP contribution in [0.1, 0.15) is 11.1 Å². The standard InChI is InChI=1S/C8H7BrF3N/c1-4-2-5(13)3-6(9)7(4)8(10,11)12/h2-3H,13H2,1H3. The minimum absolute atomic E-state index is 0.0162. The molecule has 0 aromatic heterocycles. The molecule has 2 N–H and O–H groups in total. The zero-order valence-electron chi connectivity index (χ0n) is 6.74. The van der Waals surface area contributed by atoms with Gasteiger partial charge in [-0.15, -0.1) is 0 Å². The molecular weight excluding hydrogens is 247 g/mol. The Bertz CT molecular complexity index is 310. The summed E-state index contributed by atoms with van der Waals surface area (Å²) >= 11 is 2.83. The summed E-state index contributed by atoms with van der Waals surface area (Å²) < 4.78 is 37.1. The van der Waals surface area contributed by atoms with Crippen LogP contribution in [0, 0.1) is 6.92 Å². The second-order valence-corrected chi connectivity index (χ2v) is 3.55. The molecule has 0 atom stereocenters. The number of hydrogen-bond acceptors (Lipinski definition) is 1. The normalized spacial score (nSPS) is 11.8. The average molecular weight is 254 g/mol. The van der Waals surface area contributed by atoms with Crippen molar-refractivity contribution >= 4 is 21.6 Å². The monoisotopic (exact) mass is 253 g/mol. The molecule has 0 saturated heterocycles. The average Bonchev–Trinajstić information content (AvgIpc) is 1.78. The maximum atomic E-state index is 12.4. The van der Waals surface area contributed by atoms with Crippen LogP contribution < -0.4 is 5.73 Å². The van der Waals surface area contributed by atoms with Gasteiger partial charge in [0, 0.05) is 10.2 Å². The largest absolute Gasteiger partial charge is 0.417 e. The van der Waals surface area contributed by atoms with Crippen LogP contribution in [0.5, 0.6) is 0 Å². The van der Waals surface area contributed by atoms with Gasteiger partial charge in [0.25, 0.3) is 0 Å². The third-order valence-corrected chi connectivity index (χ3v) is 2.22. The molecule has 0 bridgehead atoms. The molecular formula is C8H7BrF3N. The molecule has 0 spiro atoms. The lowest BCUT2D eigenvalue weighted by molar-refractivity contribution is -0.138. The molecule has 5 heteroatoms. The molecule has 1 nitrogen and oxygen atoms in total. The molecule has 1 aromatic rings. The summed E-state index contributed by atoms with van der Waals surface area (Å²) in [7, 11) is 0. The summed E-state index contributed by atoms with van der Waals surface area (Å²) in [5.41, 5.74) is 5.15. The van der Waals surface area contributed by atoms with E-state index in [4.69, 9.17) is 5.73 Å². The molecule has 72 valence electrons. The highest BCUT2D eigenvalue weighted by Gasteiger charge is 2.34. The van der Waals surface area contributed by atoms with E-state index < -0.39 is 11.7 Å². The van der Waals surface area contributed by atoms with Gasteiger partial charge in [0.2, 0.25) is 0 Å². The fraction of sp³-hybridized carbons (Fsp3) is 0.250. The molecule has 0 aliphatic heterocycles. The number of benzene rings is 1. The van der Waals surface area contributed by atoms with Crippen molar-refractivity contribution in [1.82, 2.24) is 0 Å². The Morgan fingerprint density at radius 3 is 2.23 bits per heavy atom. The van der Waals surface area contributed by atoms with Crippen LogP contribution in [-0.4, -0.2) is 0 Å². The third-order valence-electron chi connectivity index (χ3n) is 1.59. The molecule has 0 saturated carbocycles. The quantitative estimate of drug-likeness (QED) is 0.706. The van der Waals surface area contributed by atoms with E-state index in [1.54, 1.807) is 0 Å². The Morgan fingerprint density at radius 2 is 1.85 bits per heavy atom. The Morgan fingerprint density at radius 1 is 1.31 bits per heavy atom. The van der Waals surface area contributed by atoms with Crippen molar-refractivity contribution in [2.24, 2.45) is 0 Å². The van der Waals surface area contributed by atoms with E-state index in [2.05, 4.69) is 15.9 Å². The van der Waals surface area contributed by atoms with Crippen molar-refractivity contribution in [3.63, 3.8) is 0 Å². The zero-order valence-corrected chi connectivity index (χ0v) is 8.33. The van der Waals surface area contributed by atoms with E-state index in [9.17, 15) is 13.2 Å². The van der Waals surface area contributed by atoms with Gasteiger partial charge in [-0.3, -0.25) is 0 Å². The molecule has 1 aromatic carbocycles. The minimum atomic E-state index is -4.34. The first-order valence-corrected chi connectivity index (χ1v) is 4.24. The number of anilines is 1. The molecule has 0 aliphatic rings. The van der Waals surface area contributed by atoms with Gasteiger partial charge in [0.15, 0.2) is 0 Å². The third kappa shape index (κ3) is 2.15. The highest BCUT2D eigenvalue weighted by atomic mass is 79.9. The molecule has 13 heavy (non-hydrogen) atoms. The molecule has 0 unspecified atom stereocenters. The van der Waals surface area contributed by atoms with Gasteiger partial charge in [0.05, 0.1) is 5.56 Å². The van der Waals surface area contributed by atoms with Crippen molar-refractivity contribution in [1.29, 1.82) is 0 Å². The summed E-state index contributed by atoms with van der Waals surface area (Å²) in [4.78, 5) is 0. The number of halogens is 4. The lowest BCUT2D eigenvalue weighted by Gasteiger charge is -2.12. The van der Waals surface area contributed by atoms with E-state index in [0.29, 0.717) is 5.69 Å². The van der Waals surface area contributed by atoms with Crippen molar-refractivity contribution in [2.75, 3.05) is 5.73 Å². The van der Waals surface area contributed by atoms with Crippen molar-refractivity contribution in [3.05, 3.63) is 27.7 Å². The summed E-state index contributed by atoms with van der Waals surface area (Å²) in [6.45, 7) is 1.38. The maximum Gasteiger partial charge on any atom is 0.417 e. The summed E-state index contributed by atoms with van der Waals surface area (Å²) in [5, 5.41) is 0. The summed E-state index contributed by atoms with van der Waals surface area (Å²) in [5.74, 6) is 0. The van der Waals surface area contributed by atoms with E-state index >= 15 is 0 Å². The van der Waals surface area contributed by atoms with Gasteiger partial charge >= 0.3 is 6.18 Å². The van der Waals surface area contributed by atoms with Gasteiger partial charge in [-0.1, -0.05) is 15.9 Å². The summed E-state index contributed by atoms with van der Waals surface area (Å²) in [6, 6.07) is 2.55. The van der Waals surface area contributed by atoms with E-state index in [1.165, 1.54) is 19.1 Å². The van der Waals surface area contributed by atoms with Crippen LogP contribution in [0.4, 0.5) is 18.9 Å². The lowest BCUT2D eigenvalue weighted by Crippen LogP contribution is -2.09. The first-order valence-electron chi connectivity index (χ1n) is 3.45. The fourth-order valence-corrected chi connectivity index (χ4v) is 1.93. The van der Waals surface area contributed by atoms with Crippen LogP contribution >= 0.6 is 15.9 Å². The molecule has 0 amide bonds. The Hall–Kier alpha value is -0.710. The fourth-order valence-electron chi connectivity index (χ4n) is 1.13. The SMILES string of the molecule is Cc1cc(N)cc(Br)c1C(F)(F)F. The highest BCUT2D eigenvalue weighted by molar-refractivity contribution is 9.10. The van der Waals surface area contributed by atoms with E-state index in [0.717, 1.165) is 0 Å². The number of nitrogen functional groups attached to an aromatic ring is 1. The Labute approximate surface area is 81.9 Å².